The number of hydrogen-bond acceptors (Lipinski definition) is 4. The smallest absolute Gasteiger partial charge is 0.304 e. The van der Waals surface area contributed by atoms with E-state index in [4.69, 9.17) is 4.74 Å². The fourth-order valence-electron chi connectivity index (χ4n) is 4.01. The zero-order valence-corrected chi connectivity index (χ0v) is 18.6. The predicted molar refractivity (Wildman–Crippen MR) is 127 cm³/mol. The van der Waals surface area contributed by atoms with Crippen LogP contribution in [-0.4, -0.2) is 26.3 Å². The fraction of sp³-hybridized carbons (Fsp3) is 0.222. The quantitative estimate of drug-likeness (QED) is 0.368. The van der Waals surface area contributed by atoms with E-state index in [9.17, 15) is 9.90 Å². The number of nitrogens with one attached hydrogen (secondary N) is 1. The number of ether oxygens (including phenoxy) is 1. The number of aliphatic carboxylic acids is 1. The minimum absolute atomic E-state index is 0.0337. The van der Waals surface area contributed by atoms with Crippen LogP contribution in [0.2, 0.25) is 0 Å². The summed E-state index contributed by atoms with van der Waals surface area (Å²) in [5, 5.41) is 17.5. The molecular weight excluding hydrogens is 414 g/mol. The van der Waals surface area contributed by atoms with Gasteiger partial charge >= 0.3 is 5.97 Å². The molecule has 4 rings (SSSR count). The Balaban J connectivity index is 1.64. The van der Waals surface area contributed by atoms with Gasteiger partial charge in [0.15, 0.2) is 0 Å². The van der Waals surface area contributed by atoms with Crippen LogP contribution in [0.25, 0.3) is 10.9 Å². The summed E-state index contributed by atoms with van der Waals surface area (Å²) in [4.78, 5) is 15.4. The average molecular weight is 440 g/mol. The number of aryl methyl sites for hydroxylation is 1. The Bertz CT molecular complexity index is 1300. The molecule has 4 aromatic rings. The van der Waals surface area contributed by atoms with Crippen molar-refractivity contribution in [3.8, 4) is 17.6 Å². The van der Waals surface area contributed by atoms with Crippen LogP contribution < -0.4 is 4.74 Å². The van der Waals surface area contributed by atoms with Gasteiger partial charge in [-0.3, -0.25) is 14.9 Å². The highest BCUT2D eigenvalue weighted by molar-refractivity contribution is 5.82. The summed E-state index contributed by atoms with van der Waals surface area (Å²) in [5.74, 6) is 5.29. The van der Waals surface area contributed by atoms with Crippen molar-refractivity contribution in [2.45, 2.75) is 38.7 Å². The van der Waals surface area contributed by atoms with E-state index in [1.807, 2.05) is 54.9 Å². The second kappa shape index (κ2) is 10.0. The Morgan fingerprint density at radius 3 is 2.67 bits per heavy atom. The molecule has 0 saturated carbocycles. The average Bonchev–Trinajstić information content (AvgIpc) is 3.30. The molecule has 2 aromatic heterocycles. The van der Waals surface area contributed by atoms with Gasteiger partial charge < -0.3 is 9.84 Å². The van der Waals surface area contributed by atoms with Crippen molar-refractivity contribution in [3.63, 3.8) is 0 Å². The Morgan fingerprint density at radius 1 is 1.15 bits per heavy atom. The molecule has 2 atom stereocenters. The van der Waals surface area contributed by atoms with E-state index in [-0.39, 0.29) is 18.4 Å². The number of carboxylic acids is 1. The Hall–Kier alpha value is -4.11. The summed E-state index contributed by atoms with van der Waals surface area (Å²) in [6, 6.07) is 15.6. The van der Waals surface area contributed by atoms with Gasteiger partial charge in [-0.05, 0) is 54.3 Å². The molecule has 0 radical (unpaired) electrons. The van der Waals surface area contributed by atoms with Crippen molar-refractivity contribution in [2.24, 2.45) is 0 Å². The van der Waals surface area contributed by atoms with Crippen molar-refractivity contribution < 1.29 is 14.6 Å². The summed E-state index contributed by atoms with van der Waals surface area (Å²) in [5.41, 5.74) is 5.09. The maximum Gasteiger partial charge on any atom is 0.304 e. The Morgan fingerprint density at radius 2 is 1.97 bits per heavy atom. The number of carboxylic acid groups (broad SMARTS) is 1. The van der Waals surface area contributed by atoms with E-state index in [1.165, 1.54) is 0 Å². The van der Waals surface area contributed by atoms with Gasteiger partial charge in [0.25, 0.3) is 0 Å². The molecule has 0 fully saturated rings. The van der Waals surface area contributed by atoms with Crippen LogP contribution in [0.4, 0.5) is 0 Å². The standard InChI is InChI=1S/C27H25N3O3/c1-3-5-21(15-26(31)32)20-7-10-23(11-8-20)33-25(14-19-6-4-13-28-16-19)24-12-9-22-17-29-30-27(22)18(24)2/h4,6-13,16-17,21,25H,14-15H2,1-2H3,(H,29,30)(H,31,32). The van der Waals surface area contributed by atoms with E-state index in [1.54, 1.807) is 13.1 Å². The van der Waals surface area contributed by atoms with Gasteiger partial charge in [-0.2, -0.15) is 5.10 Å². The minimum Gasteiger partial charge on any atom is -0.485 e. The van der Waals surface area contributed by atoms with Crippen LogP contribution in [0.3, 0.4) is 0 Å². The van der Waals surface area contributed by atoms with Gasteiger partial charge in [-0.1, -0.05) is 36.3 Å². The van der Waals surface area contributed by atoms with E-state index in [2.05, 4.69) is 40.0 Å². The van der Waals surface area contributed by atoms with Gasteiger partial charge in [-0.15, -0.1) is 5.92 Å². The van der Waals surface area contributed by atoms with E-state index < -0.39 is 5.97 Å². The number of hydrogen-bond donors (Lipinski definition) is 2. The number of nitrogens with zero attached hydrogens (tertiary/aromatic N) is 2. The third kappa shape index (κ3) is 5.21. The molecule has 2 heterocycles. The molecule has 6 heteroatoms. The highest BCUT2D eigenvalue weighted by atomic mass is 16.5. The molecule has 0 aliphatic rings. The van der Waals surface area contributed by atoms with Gasteiger partial charge in [0, 0.05) is 24.2 Å². The first-order valence-corrected chi connectivity index (χ1v) is 10.8. The maximum atomic E-state index is 11.2. The summed E-state index contributed by atoms with van der Waals surface area (Å²) in [7, 11) is 0. The number of benzene rings is 2. The topological polar surface area (TPSA) is 88.1 Å². The van der Waals surface area contributed by atoms with E-state index in [0.717, 1.165) is 33.2 Å². The SMILES string of the molecule is CC#CC(CC(=O)O)c1ccc(OC(Cc2cccnc2)c2ccc3cn[nH]c3c2C)cc1. The molecule has 0 amide bonds. The lowest BCUT2D eigenvalue weighted by molar-refractivity contribution is -0.137. The molecule has 0 saturated heterocycles. The van der Waals surface area contributed by atoms with Crippen LogP contribution in [0.5, 0.6) is 5.75 Å². The van der Waals surface area contributed by atoms with Crippen LogP contribution >= 0.6 is 0 Å². The van der Waals surface area contributed by atoms with Crippen molar-refractivity contribution in [1.82, 2.24) is 15.2 Å². The molecule has 0 aliphatic carbocycles. The molecule has 2 N–H and O–H groups in total. The summed E-state index contributed by atoms with van der Waals surface area (Å²) in [6.45, 7) is 3.78. The molecule has 166 valence electrons. The number of carbonyl (C=O) groups is 1. The molecule has 0 spiro atoms. The zero-order chi connectivity index (χ0) is 23.2. The molecule has 2 aromatic carbocycles. The number of aromatic amines is 1. The van der Waals surface area contributed by atoms with E-state index >= 15 is 0 Å². The highest BCUT2D eigenvalue weighted by Crippen LogP contribution is 2.31. The van der Waals surface area contributed by atoms with Crippen LogP contribution in [0, 0.1) is 18.8 Å². The Kier molecular flexibility index (Phi) is 6.70. The molecule has 0 bridgehead atoms. The van der Waals surface area contributed by atoms with Gasteiger partial charge in [0.05, 0.1) is 24.1 Å². The van der Waals surface area contributed by atoms with Gasteiger partial charge in [-0.25, -0.2) is 0 Å². The first-order chi connectivity index (χ1) is 16.0. The monoisotopic (exact) mass is 439 g/mol. The molecule has 0 aliphatic heterocycles. The van der Waals surface area contributed by atoms with Crippen molar-refractivity contribution in [3.05, 3.63) is 89.4 Å². The molecule has 33 heavy (non-hydrogen) atoms. The largest absolute Gasteiger partial charge is 0.485 e. The van der Waals surface area contributed by atoms with Crippen LogP contribution in [-0.2, 0) is 11.2 Å². The minimum atomic E-state index is -0.871. The lowest BCUT2D eigenvalue weighted by atomic mass is 9.95. The highest BCUT2D eigenvalue weighted by Gasteiger charge is 2.20. The van der Waals surface area contributed by atoms with Crippen LogP contribution in [0.15, 0.2) is 67.1 Å². The third-order valence-electron chi connectivity index (χ3n) is 5.67. The molecular formula is C27H25N3O3. The lowest BCUT2D eigenvalue weighted by Gasteiger charge is -2.22. The summed E-state index contributed by atoms with van der Waals surface area (Å²) >= 11 is 0. The number of fused-ring (bicyclic) bond motifs is 1. The number of rotatable bonds is 8. The van der Waals surface area contributed by atoms with Crippen molar-refractivity contribution in [1.29, 1.82) is 0 Å². The third-order valence-corrected chi connectivity index (χ3v) is 5.67. The van der Waals surface area contributed by atoms with Crippen LogP contribution in [0.1, 0.15) is 47.6 Å². The van der Waals surface area contributed by atoms with Crippen molar-refractivity contribution >= 4 is 16.9 Å². The fourth-order valence-corrected chi connectivity index (χ4v) is 4.01. The summed E-state index contributed by atoms with van der Waals surface area (Å²) in [6.07, 6.45) is 5.80. The van der Waals surface area contributed by atoms with E-state index in [0.29, 0.717) is 12.2 Å². The first-order valence-electron chi connectivity index (χ1n) is 10.8. The zero-order valence-electron chi connectivity index (χ0n) is 18.6. The number of aromatic nitrogens is 3. The Labute approximate surface area is 192 Å². The summed E-state index contributed by atoms with van der Waals surface area (Å²) < 4.78 is 6.47. The lowest BCUT2D eigenvalue weighted by Crippen LogP contribution is -2.13. The van der Waals surface area contributed by atoms with Crippen molar-refractivity contribution in [2.75, 3.05) is 0 Å². The normalized spacial score (nSPS) is 12.5. The van der Waals surface area contributed by atoms with Gasteiger partial charge in [0.1, 0.15) is 11.9 Å². The first kappa shape index (κ1) is 22.1. The second-order valence-electron chi connectivity index (χ2n) is 7.90. The van der Waals surface area contributed by atoms with Gasteiger partial charge in [0.2, 0.25) is 0 Å². The second-order valence-corrected chi connectivity index (χ2v) is 7.90. The molecule has 2 unspecified atom stereocenters. The number of pyridine rings is 1. The maximum absolute atomic E-state index is 11.2. The predicted octanol–water partition coefficient (Wildman–Crippen LogP) is 5.21. The molecule has 6 nitrogen and oxygen atoms in total. The number of H-pyrrole nitrogens is 1.